The van der Waals surface area contributed by atoms with Gasteiger partial charge in [-0.1, -0.05) is 0 Å². The van der Waals surface area contributed by atoms with Gasteiger partial charge in [0.2, 0.25) is 0 Å². The molecular weight excluding hydrogens is 265 g/mol. The van der Waals surface area contributed by atoms with E-state index < -0.39 is 0 Å². The lowest BCUT2D eigenvalue weighted by atomic mass is 10.2. The van der Waals surface area contributed by atoms with Crippen molar-refractivity contribution in [2.24, 2.45) is 0 Å². The van der Waals surface area contributed by atoms with Gasteiger partial charge in [-0.25, -0.2) is 4.79 Å². The lowest BCUT2D eigenvalue weighted by Gasteiger charge is -2.03. The van der Waals surface area contributed by atoms with Gasteiger partial charge in [0, 0.05) is 3.57 Å². The van der Waals surface area contributed by atoms with Crippen LogP contribution in [0.2, 0.25) is 0 Å². The monoisotopic (exact) mass is 276 g/mol. The fourth-order valence-electron chi connectivity index (χ4n) is 0.890. The molecule has 1 N–H and O–H groups in total. The molecule has 1 rings (SSSR count). The fourth-order valence-corrected chi connectivity index (χ4v) is 1.25. The van der Waals surface area contributed by atoms with E-state index in [4.69, 9.17) is 0 Å². The summed E-state index contributed by atoms with van der Waals surface area (Å²) in [4.78, 5) is 12.2. The zero-order chi connectivity index (χ0) is 9.14. The van der Waals surface area contributed by atoms with Crippen molar-refractivity contribution in [2.45, 2.75) is 0 Å². The van der Waals surface area contributed by atoms with E-state index in [-0.39, 0.29) is 5.91 Å². The third-order valence-electron chi connectivity index (χ3n) is 1.56. The highest BCUT2D eigenvalue weighted by molar-refractivity contribution is 14.1. The first-order valence-electron chi connectivity index (χ1n) is 3.71. The SMILES string of the molecule is C[NH+](C)C(=O)c1ccc(I)cc1. The average Bonchev–Trinajstić information content (AvgIpc) is 2.04. The van der Waals surface area contributed by atoms with E-state index in [9.17, 15) is 4.79 Å². The van der Waals surface area contributed by atoms with Crippen LogP contribution in [0.1, 0.15) is 10.4 Å². The summed E-state index contributed by atoms with van der Waals surface area (Å²) in [7, 11) is 3.67. The minimum absolute atomic E-state index is 0.131. The number of nitrogens with one attached hydrogen (secondary N) is 1. The van der Waals surface area contributed by atoms with Crippen molar-refractivity contribution in [2.75, 3.05) is 14.1 Å². The summed E-state index contributed by atoms with van der Waals surface area (Å²) in [5.41, 5.74) is 0.774. The van der Waals surface area contributed by atoms with Gasteiger partial charge in [0.25, 0.3) is 0 Å². The summed E-state index contributed by atoms with van der Waals surface area (Å²) in [6, 6.07) is 7.60. The number of quaternary nitrogens is 1. The first-order valence-corrected chi connectivity index (χ1v) is 4.79. The van der Waals surface area contributed by atoms with E-state index in [1.54, 1.807) is 0 Å². The predicted molar refractivity (Wildman–Crippen MR) is 56.3 cm³/mol. The molecule has 1 aromatic carbocycles. The van der Waals surface area contributed by atoms with Gasteiger partial charge in [-0.3, -0.25) is 4.90 Å². The Balaban J connectivity index is 2.90. The zero-order valence-corrected chi connectivity index (χ0v) is 9.25. The Bertz CT molecular complexity index is 279. The molecule has 12 heavy (non-hydrogen) atoms. The van der Waals surface area contributed by atoms with Crippen LogP contribution in [0.4, 0.5) is 0 Å². The maximum atomic E-state index is 11.4. The van der Waals surface area contributed by atoms with E-state index in [0.29, 0.717) is 0 Å². The molecule has 0 atom stereocenters. The first-order chi connectivity index (χ1) is 5.61. The zero-order valence-electron chi connectivity index (χ0n) is 7.10. The summed E-state index contributed by atoms with van der Waals surface area (Å²) in [6.07, 6.45) is 0. The minimum Gasteiger partial charge on any atom is -0.272 e. The van der Waals surface area contributed by atoms with Crippen molar-refractivity contribution in [1.82, 2.24) is 0 Å². The first kappa shape index (κ1) is 9.67. The molecule has 0 aromatic heterocycles. The van der Waals surface area contributed by atoms with Crippen molar-refractivity contribution in [1.29, 1.82) is 0 Å². The summed E-state index contributed by atoms with van der Waals surface area (Å²) in [5, 5.41) is 0. The molecule has 0 radical (unpaired) electrons. The van der Waals surface area contributed by atoms with Gasteiger partial charge in [-0.2, -0.15) is 0 Å². The number of rotatable bonds is 1. The molecule has 2 nitrogen and oxygen atoms in total. The molecule has 0 fully saturated rings. The van der Waals surface area contributed by atoms with Gasteiger partial charge in [0.1, 0.15) is 0 Å². The molecule has 0 aliphatic carbocycles. The summed E-state index contributed by atoms with van der Waals surface area (Å²) < 4.78 is 1.15. The van der Waals surface area contributed by atoms with Gasteiger partial charge in [0.05, 0.1) is 19.7 Å². The Morgan fingerprint density at radius 1 is 1.25 bits per heavy atom. The number of carbonyl (C=O) groups is 1. The van der Waals surface area contributed by atoms with E-state index in [1.165, 1.54) is 0 Å². The standard InChI is InChI=1S/C9H10INO/c1-11(2)9(12)7-3-5-8(10)6-4-7/h3-6H,1-2H3/p+1. The molecule has 1 amide bonds. The highest BCUT2D eigenvalue weighted by Gasteiger charge is 2.11. The van der Waals surface area contributed by atoms with Crippen LogP contribution in [0.25, 0.3) is 0 Å². The van der Waals surface area contributed by atoms with Gasteiger partial charge in [-0.15, -0.1) is 0 Å². The average molecular weight is 276 g/mol. The molecule has 0 heterocycles. The number of benzene rings is 1. The highest BCUT2D eigenvalue weighted by Crippen LogP contribution is 2.05. The molecule has 0 aliphatic heterocycles. The Kier molecular flexibility index (Phi) is 3.22. The number of hydrogen-bond acceptors (Lipinski definition) is 1. The highest BCUT2D eigenvalue weighted by atomic mass is 127. The second-order valence-electron chi connectivity index (χ2n) is 2.84. The van der Waals surface area contributed by atoms with Crippen LogP contribution >= 0.6 is 22.6 Å². The molecule has 0 bridgehead atoms. The van der Waals surface area contributed by atoms with E-state index in [0.717, 1.165) is 14.0 Å². The number of carbonyl (C=O) groups excluding carboxylic acids is 1. The Morgan fingerprint density at radius 2 is 1.75 bits per heavy atom. The molecule has 0 aliphatic rings. The van der Waals surface area contributed by atoms with Gasteiger partial charge < -0.3 is 0 Å². The number of hydrogen-bond donors (Lipinski definition) is 1. The maximum absolute atomic E-state index is 11.4. The van der Waals surface area contributed by atoms with Crippen molar-refractivity contribution in [3.8, 4) is 0 Å². The smallest absolute Gasteiger partial charge is 0.272 e. The van der Waals surface area contributed by atoms with Crippen molar-refractivity contribution >= 4 is 28.5 Å². The van der Waals surface area contributed by atoms with Crippen LogP contribution in [0.15, 0.2) is 24.3 Å². The third kappa shape index (κ3) is 2.28. The number of amides is 1. The number of halogens is 1. The van der Waals surface area contributed by atoms with Crippen LogP contribution in [-0.2, 0) is 0 Å². The van der Waals surface area contributed by atoms with E-state index in [2.05, 4.69) is 22.6 Å². The molecule has 0 spiro atoms. The molecule has 0 unspecified atom stereocenters. The molecule has 0 saturated heterocycles. The lowest BCUT2D eigenvalue weighted by Crippen LogP contribution is -3.08. The third-order valence-corrected chi connectivity index (χ3v) is 2.28. The van der Waals surface area contributed by atoms with Crippen LogP contribution in [-0.4, -0.2) is 20.0 Å². The normalized spacial score (nSPS) is 10.3. The molecule has 0 saturated carbocycles. The van der Waals surface area contributed by atoms with Gasteiger partial charge in [0.15, 0.2) is 0 Å². The van der Waals surface area contributed by atoms with Crippen molar-refractivity contribution in [3.63, 3.8) is 0 Å². The molecule has 1 aromatic rings. The minimum atomic E-state index is 0.131. The van der Waals surface area contributed by atoms with E-state index >= 15 is 0 Å². The van der Waals surface area contributed by atoms with Crippen molar-refractivity contribution < 1.29 is 9.69 Å². The topological polar surface area (TPSA) is 21.5 Å². The second-order valence-corrected chi connectivity index (χ2v) is 4.08. The van der Waals surface area contributed by atoms with Crippen LogP contribution in [0, 0.1) is 3.57 Å². The molecule has 64 valence electrons. The van der Waals surface area contributed by atoms with Crippen molar-refractivity contribution in [3.05, 3.63) is 33.4 Å². The Labute approximate surface area is 85.7 Å². The predicted octanol–water partition coefficient (Wildman–Crippen LogP) is 0.576. The summed E-state index contributed by atoms with van der Waals surface area (Å²) >= 11 is 2.22. The van der Waals surface area contributed by atoms with Crippen LogP contribution in [0.3, 0.4) is 0 Å². The molecule has 3 heteroatoms. The maximum Gasteiger partial charge on any atom is 0.343 e. The largest absolute Gasteiger partial charge is 0.343 e. The fraction of sp³-hybridized carbons (Fsp3) is 0.222. The van der Waals surface area contributed by atoms with Gasteiger partial charge >= 0.3 is 5.91 Å². The van der Waals surface area contributed by atoms with E-state index in [1.807, 2.05) is 38.4 Å². The van der Waals surface area contributed by atoms with Crippen LogP contribution in [0.5, 0.6) is 0 Å². The van der Waals surface area contributed by atoms with Gasteiger partial charge in [-0.05, 0) is 46.9 Å². The Morgan fingerprint density at radius 3 is 2.17 bits per heavy atom. The summed E-state index contributed by atoms with van der Waals surface area (Å²) in [6.45, 7) is 0. The quantitative estimate of drug-likeness (QED) is 0.744. The Hall–Kier alpha value is -0.420. The second kappa shape index (κ2) is 4.00. The summed E-state index contributed by atoms with van der Waals surface area (Å²) in [5.74, 6) is 0.131. The molecular formula is C9H11INO+. The lowest BCUT2D eigenvalue weighted by molar-refractivity contribution is -0.767. The van der Waals surface area contributed by atoms with Crippen LogP contribution < -0.4 is 4.90 Å².